The predicted molar refractivity (Wildman–Crippen MR) is 37.5 cm³/mol. The maximum Gasteiger partial charge on any atom is 0.237 e. The molecule has 0 aromatic carbocycles. The molecule has 0 radical (unpaired) electrons. The minimum absolute atomic E-state index is 0.231. The Morgan fingerprint density at radius 3 is 2.80 bits per heavy atom. The van der Waals surface area contributed by atoms with Crippen LogP contribution in [0.4, 0.5) is 4.39 Å². The van der Waals surface area contributed by atoms with Gasteiger partial charge >= 0.3 is 0 Å². The van der Waals surface area contributed by atoms with Crippen molar-refractivity contribution in [2.75, 3.05) is 0 Å². The van der Waals surface area contributed by atoms with Crippen LogP contribution in [0.3, 0.4) is 0 Å². The molecule has 0 fully saturated rings. The highest BCUT2D eigenvalue weighted by Crippen LogP contribution is 2.04. The molecule has 0 aliphatic carbocycles. The molecule has 0 aliphatic heterocycles. The maximum atomic E-state index is 12.5. The lowest BCUT2D eigenvalue weighted by molar-refractivity contribution is 0.108. The highest BCUT2D eigenvalue weighted by Gasteiger charge is 2.06. The summed E-state index contributed by atoms with van der Waals surface area (Å²) < 4.78 is 12.5. The van der Waals surface area contributed by atoms with Gasteiger partial charge in [-0.25, -0.2) is 9.37 Å². The molecule has 52 valence electrons. The van der Waals surface area contributed by atoms with Crippen molar-refractivity contribution in [1.82, 2.24) is 4.98 Å². The standard InChI is InChI=1S/C6H4FNOS/c7-4-2-1-3-8-5(4)6(9)10/h1-3H,(H,9,10). The van der Waals surface area contributed by atoms with Crippen LogP contribution in [-0.4, -0.2) is 10.1 Å². The van der Waals surface area contributed by atoms with Crippen molar-refractivity contribution in [2.24, 2.45) is 0 Å². The molecule has 1 heterocycles. The van der Waals surface area contributed by atoms with Crippen molar-refractivity contribution in [3.8, 4) is 0 Å². The van der Waals surface area contributed by atoms with Crippen LogP contribution in [0.15, 0.2) is 18.3 Å². The van der Waals surface area contributed by atoms with Gasteiger partial charge in [-0.2, -0.15) is 0 Å². The van der Waals surface area contributed by atoms with Crippen LogP contribution in [0.1, 0.15) is 10.5 Å². The minimum Gasteiger partial charge on any atom is -0.280 e. The fourth-order valence-corrected chi connectivity index (χ4v) is 0.708. The second-order valence-electron chi connectivity index (χ2n) is 1.64. The number of rotatable bonds is 1. The summed E-state index contributed by atoms with van der Waals surface area (Å²) in [5.74, 6) is -0.637. The van der Waals surface area contributed by atoms with Crippen molar-refractivity contribution < 1.29 is 9.18 Å². The zero-order chi connectivity index (χ0) is 7.56. The Morgan fingerprint density at radius 2 is 2.40 bits per heavy atom. The van der Waals surface area contributed by atoms with Gasteiger partial charge in [-0.15, -0.1) is 0 Å². The molecule has 0 unspecified atom stereocenters. The number of pyridine rings is 1. The largest absolute Gasteiger partial charge is 0.280 e. The molecule has 0 amide bonds. The quantitative estimate of drug-likeness (QED) is 0.622. The lowest BCUT2D eigenvalue weighted by Gasteiger charge is -1.92. The highest BCUT2D eigenvalue weighted by atomic mass is 32.1. The van der Waals surface area contributed by atoms with Crippen LogP contribution in [0.25, 0.3) is 0 Å². The lowest BCUT2D eigenvalue weighted by atomic mass is 10.3. The molecule has 0 spiro atoms. The molecule has 1 aromatic rings. The molecule has 10 heavy (non-hydrogen) atoms. The number of aromatic nitrogens is 1. The molecule has 0 N–H and O–H groups in total. The van der Waals surface area contributed by atoms with Crippen molar-refractivity contribution in [1.29, 1.82) is 0 Å². The average molecular weight is 157 g/mol. The Kier molecular flexibility index (Phi) is 2.01. The van der Waals surface area contributed by atoms with Gasteiger partial charge in [-0.3, -0.25) is 4.79 Å². The van der Waals surface area contributed by atoms with Crippen LogP contribution in [-0.2, 0) is 0 Å². The predicted octanol–water partition coefficient (Wildman–Crippen LogP) is 1.29. The number of halogens is 1. The molecule has 0 bridgehead atoms. The summed E-state index contributed by atoms with van der Waals surface area (Å²) in [5, 5.41) is -0.655. The zero-order valence-corrected chi connectivity index (χ0v) is 5.81. The monoisotopic (exact) mass is 157 g/mol. The molecule has 0 saturated carbocycles. The van der Waals surface area contributed by atoms with Gasteiger partial charge in [0.05, 0.1) is 0 Å². The van der Waals surface area contributed by atoms with Gasteiger partial charge < -0.3 is 0 Å². The van der Waals surface area contributed by atoms with Crippen molar-refractivity contribution in [3.05, 3.63) is 29.8 Å². The molecule has 0 saturated heterocycles. The first-order valence-electron chi connectivity index (χ1n) is 2.55. The molecular formula is C6H4FNOS. The van der Waals surface area contributed by atoms with E-state index in [1.54, 1.807) is 0 Å². The second kappa shape index (κ2) is 2.79. The first-order chi connectivity index (χ1) is 4.72. The van der Waals surface area contributed by atoms with Crippen LogP contribution >= 0.6 is 12.6 Å². The van der Waals surface area contributed by atoms with E-state index in [-0.39, 0.29) is 5.69 Å². The average Bonchev–Trinajstić information content (AvgIpc) is 1.88. The summed E-state index contributed by atoms with van der Waals surface area (Å²) in [7, 11) is 0. The molecule has 0 aliphatic rings. The molecule has 0 atom stereocenters. The molecular weight excluding hydrogens is 153 g/mol. The van der Waals surface area contributed by atoms with E-state index in [1.165, 1.54) is 12.3 Å². The minimum atomic E-state index is -0.655. The van der Waals surface area contributed by atoms with Crippen molar-refractivity contribution in [3.63, 3.8) is 0 Å². The van der Waals surface area contributed by atoms with E-state index < -0.39 is 10.9 Å². The number of nitrogens with zero attached hydrogens (tertiary/aromatic N) is 1. The van der Waals surface area contributed by atoms with E-state index in [4.69, 9.17) is 0 Å². The van der Waals surface area contributed by atoms with Gasteiger partial charge in [0.25, 0.3) is 0 Å². The number of carbonyl (C=O) groups is 1. The Morgan fingerprint density at radius 1 is 1.70 bits per heavy atom. The maximum absolute atomic E-state index is 12.5. The van der Waals surface area contributed by atoms with E-state index >= 15 is 0 Å². The number of thiol groups is 1. The Hall–Kier alpha value is -0.900. The van der Waals surface area contributed by atoms with Gasteiger partial charge in [0, 0.05) is 6.20 Å². The zero-order valence-electron chi connectivity index (χ0n) is 4.91. The molecule has 2 nitrogen and oxygen atoms in total. The highest BCUT2D eigenvalue weighted by molar-refractivity contribution is 7.97. The third-order valence-corrected chi connectivity index (χ3v) is 1.17. The van der Waals surface area contributed by atoms with Gasteiger partial charge in [-0.05, 0) is 12.1 Å². The topological polar surface area (TPSA) is 30.0 Å². The summed E-state index contributed by atoms with van der Waals surface area (Å²) in [4.78, 5) is 13.9. The lowest BCUT2D eigenvalue weighted by Crippen LogP contribution is -1.96. The molecule has 4 heteroatoms. The summed E-state index contributed by atoms with van der Waals surface area (Å²) >= 11 is 3.42. The SMILES string of the molecule is O=C(S)c1ncccc1F. The third-order valence-electron chi connectivity index (χ3n) is 0.961. The number of carbonyl (C=O) groups excluding carboxylic acids is 1. The van der Waals surface area contributed by atoms with Gasteiger partial charge in [0.2, 0.25) is 5.12 Å². The summed E-state index contributed by atoms with van der Waals surface area (Å²) in [6.45, 7) is 0. The van der Waals surface area contributed by atoms with E-state index in [9.17, 15) is 9.18 Å². The van der Waals surface area contributed by atoms with Crippen LogP contribution in [0.5, 0.6) is 0 Å². The van der Waals surface area contributed by atoms with E-state index in [1.807, 2.05) is 0 Å². The van der Waals surface area contributed by atoms with Crippen LogP contribution < -0.4 is 0 Å². The van der Waals surface area contributed by atoms with Crippen LogP contribution in [0.2, 0.25) is 0 Å². The Labute approximate surface area is 62.5 Å². The second-order valence-corrected chi connectivity index (χ2v) is 2.05. The smallest absolute Gasteiger partial charge is 0.237 e. The van der Waals surface area contributed by atoms with Gasteiger partial charge in [0.15, 0.2) is 11.5 Å². The number of hydrogen-bond acceptors (Lipinski definition) is 2. The van der Waals surface area contributed by atoms with E-state index in [0.29, 0.717) is 0 Å². The third kappa shape index (κ3) is 1.33. The fraction of sp³-hybridized carbons (Fsp3) is 0. The molecule has 1 rings (SSSR count). The van der Waals surface area contributed by atoms with Crippen LogP contribution in [0, 0.1) is 5.82 Å². The summed E-state index contributed by atoms with van der Waals surface area (Å²) in [5.41, 5.74) is -0.231. The first kappa shape index (κ1) is 7.21. The first-order valence-corrected chi connectivity index (χ1v) is 3.00. The van der Waals surface area contributed by atoms with Crippen molar-refractivity contribution in [2.45, 2.75) is 0 Å². The van der Waals surface area contributed by atoms with Gasteiger partial charge in [-0.1, -0.05) is 12.6 Å². The Bertz CT molecular complexity index is 264. The van der Waals surface area contributed by atoms with E-state index in [2.05, 4.69) is 17.6 Å². The van der Waals surface area contributed by atoms with Crippen molar-refractivity contribution >= 4 is 17.7 Å². The summed E-state index contributed by atoms with van der Waals surface area (Å²) in [6, 6.07) is 2.58. The number of hydrogen-bond donors (Lipinski definition) is 1. The normalized spacial score (nSPS) is 9.40. The Balaban J connectivity index is 3.15. The fourth-order valence-electron chi connectivity index (χ4n) is 0.543. The van der Waals surface area contributed by atoms with Gasteiger partial charge in [0.1, 0.15) is 0 Å². The molecule has 1 aromatic heterocycles. The summed E-state index contributed by atoms with van der Waals surface area (Å²) in [6.07, 6.45) is 1.34. The van der Waals surface area contributed by atoms with E-state index in [0.717, 1.165) is 6.07 Å².